The zero-order chi connectivity index (χ0) is 15.7. The average Bonchev–Trinajstić information content (AvgIpc) is 2.86. The van der Waals surface area contributed by atoms with Crippen molar-refractivity contribution in [2.24, 2.45) is 0 Å². The number of H-pyrrole nitrogens is 1. The van der Waals surface area contributed by atoms with E-state index >= 15 is 0 Å². The predicted octanol–water partition coefficient (Wildman–Crippen LogP) is 4.84. The van der Waals surface area contributed by atoms with Crippen molar-refractivity contribution < 1.29 is 9.53 Å². The Kier molecular flexibility index (Phi) is 4.09. The van der Waals surface area contributed by atoms with Gasteiger partial charge < -0.3 is 15.0 Å². The van der Waals surface area contributed by atoms with Gasteiger partial charge in [-0.3, -0.25) is 4.79 Å². The first kappa shape index (κ1) is 14.9. The molecule has 1 heterocycles. The number of hydrogen-bond acceptors (Lipinski definition) is 2. The first-order chi connectivity index (χ1) is 10.6. The van der Waals surface area contributed by atoms with Crippen molar-refractivity contribution in [3.63, 3.8) is 0 Å². The van der Waals surface area contributed by atoms with Crippen LogP contribution >= 0.6 is 27.5 Å². The maximum Gasteiger partial charge on any atom is 0.273 e. The molecule has 4 nitrogen and oxygen atoms in total. The molecule has 0 fully saturated rings. The second-order valence-electron chi connectivity index (χ2n) is 4.69. The van der Waals surface area contributed by atoms with Crippen LogP contribution < -0.4 is 10.1 Å². The normalized spacial score (nSPS) is 10.7. The van der Waals surface area contributed by atoms with Crippen LogP contribution in [0.3, 0.4) is 0 Å². The SMILES string of the molecule is COc1ccc2c(Cl)c(C(=O)Nc3ccc(Br)cc3)[nH]c2c1. The molecule has 0 aliphatic carbocycles. The molecule has 1 amide bonds. The summed E-state index contributed by atoms with van der Waals surface area (Å²) in [6, 6.07) is 12.8. The van der Waals surface area contributed by atoms with Gasteiger partial charge in [-0.1, -0.05) is 27.5 Å². The molecule has 3 aromatic rings. The van der Waals surface area contributed by atoms with E-state index in [2.05, 4.69) is 26.2 Å². The van der Waals surface area contributed by atoms with Gasteiger partial charge in [0.1, 0.15) is 11.4 Å². The average molecular weight is 380 g/mol. The molecule has 22 heavy (non-hydrogen) atoms. The molecule has 0 aliphatic rings. The summed E-state index contributed by atoms with van der Waals surface area (Å²) in [5.74, 6) is 0.410. The molecule has 0 aliphatic heterocycles. The molecule has 2 N–H and O–H groups in total. The number of carbonyl (C=O) groups is 1. The lowest BCUT2D eigenvalue weighted by Crippen LogP contribution is -2.12. The number of aromatic amines is 1. The Hall–Kier alpha value is -1.98. The number of methoxy groups -OCH3 is 1. The van der Waals surface area contributed by atoms with Gasteiger partial charge in [0.15, 0.2) is 0 Å². The van der Waals surface area contributed by atoms with Gasteiger partial charge in [0, 0.05) is 21.6 Å². The molecule has 0 spiro atoms. The van der Waals surface area contributed by atoms with Crippen LogP contribution in [0.1, 0.15) is 10.5 Å². The summed E-state index contributed by atoms with van der Waals surface area (Å²) in [7, 11) is 1.59. The maximum atomic E-state index is 12.4. The lowest BCUT2D eigenvalue weighted by Gasteiger charge is -2.04. The monoisotopic (exact) mass is 378 g/mol. The zero-order valence-corrected chi connectivity index (χ0v) is 14.0. The number of benzene rings is 2. The van der Waals surface area contributed by atoms with Crippen molar-refractivity contribution in [2.75, 3.05) is 12.4 Å². The molecule has 0 bridgehead atoms. The van der Waals surface area contributed by atoms with Gasteiger partial charge in [0.25, 0.3) is 5.91 Å². The molecule has 0 saturated carbocycles. The molecule has 0 unspecified atom stereocenters. The molecule has 0 atom stereocenters. The van der Waals surface area contributed by atoms with Crippen molar-refractivity contribution in [2.45, 2.75) is 0 Å². The minimum absolute atomic E-state index is 0.289. The van der Waals surface area contributed by atoms with Crippen molar-refractivity contribution in [1.29, 1.82) is 0 Å². The van der Waals surface area contributed by atoms with Crippen molar-refractivity contribution >= 4 is 50.0 Å². The number of nitrogens with one attached hydrogen (secondary N) is 2. The first-order valence-electron chi connectivity index (χ1n) is 6.50. The molecule has 0 saturated heterocycles. The molecule has 6 heteroatoms. The summed E-state index contributed by atoms with van der Waals surface area (Å²) >= 11 is 9.65. The van der Waals surface area contributed by atoms with Gasteiger partial charge in [-0.05, 0) is 36.4 Å². The summed E-state index contributed by atoms with van der Waals surface area (Å²) < 4.78 is 6.12. The highest BCUT2D eigenvalue weighted by Crippen LogP contribution is 2.30. The van der Waals surface area contributed by atoms with Crippen LogP contribution in [-0.2, 0) is 0 Å². The molecule has 0 radical (unpaired) electrons. The number of carbonyl (C=O) groups excluding carboxylic acids is 1. The smallest absolute Gasteiger partial charge is 0.273 e. The Balaban J connectivity index is 1.93. The number of hydrogen-bond donors (Lipinski definition) is 2. The Morgan fingerprint density at radius 1 is 1.23 bits per heavy atom. The van der Waals surface area contributed by atoms with Crippen LogP contribution in [0.2, 0.25) is 5.02 Å². The summed E-state index contributed by atoms with van der Waals surface area (Å²) in [6.07, 6.45) is 0. The van der Waals surface area contributed by atoms with Crippen LogP contribution in [0.5, 0.6) is 5.75 Å². The van der Waals surface area contributed by atoms with E-state index in [1.807, 2.05) is 30.3 Å². The van der Waals surface area contributed by atoms with E-state index in [9.17, 15) is 4.79 Å². The van der Waals surface area contributed by atoms with Gasteiger partial charge in [-0.25, -0.2) is 0 Å². The van der Waals surface area contributed by atoms with E-state index in [0.717, 1.165) is 15.4 Å². The molecular weight excluding hydrogens is 368 g/mol. The molecule has 112 valence electrons. The zero-order valence-electron chi connectivity index (χ0n) is 11.6. The van der Waals surface area contributed by atoms with E-state index in [-0.39, 0.29) is 5.91 Å². The fourth-order valence-corrected chi connectivity index (χ4v) is 2.71. The number of rotatable bonds is 3. The van der Waals surface area contributed by atoms with Gasteiger partial charge in [0.05, 0.1) is 17.6 Å². The highest BCUT2D eigenvalue weighted by atomic mass is 79.9. The lowest BCUT2D eigenvalue weighted by molar-refractivity contribution is 0.102. The Morgan fingerprint density at radius 2 is 1.95 bits per heavy atom. The molecular formula is C16H12BrClN2O2. The Morgan fingerprint density at radius 3 is 2.64 bits per heavy atom. The van der Waals surface area contributed by atoms with Gasteiger partial charge in [-0.15, -0.1) is 0 Å². The molecule has 3 rings (SSSR count). The first-order valence-corrected chi connectivity index (χ1v) is 7.67. The van der Waals surface area contributed by atoms with E-state index < -0.39 is 0 Å². The third kappa shape index (κ3) is 2.82. The van der Waals surface area contributed by atoms with Crippen LogP contribution in [0, 0.1) is 0 Å². The van der Waals surface area contributed by atoms with Crippen molar-refractivity contribution in [1.82, 2.24) is 4.98 Å². The Bertz CT molecular complexity index is 843. The maximum absolute atomic E-state index is 12.4. The van der Waals surface area contributed by atoms with Crippen molar-refractivity contribution in [3.8, 4) is 5.75 Å². The number of amides is 1. The van der Waals surface area contributed by atoms with Gasteiger partial charge in [-0.2, -0.15) is 0 Å². The number of halogens is 2. The van der Waals surface area contributed by atoms with E-state index in [1.165, 1.54) is 0 Å². The fourth-order valence-electron chi connectivity index (χ4n) is 2.15. The second kappa shape index (κ2) is 6.02. The van der Waals surface area contributed by atoms with E-state index in [0.29, 0.717) is 22.2 Å². The summed E-state index contributed by atoms with van der Waals surface area (Å²) in [4.78, 5) is 15.4. The topological polar surface area (TPSA) is 54.1 Å². The summed E-state index contributed by atoms with van der Waals surface area (Å²) in [6.45, 7) is 0. The second-order valence-corrected chi connectivity index (χ2v) is 5.98. The number of aromatic nitrogens is 1. The third-order valence-corrected chi connectivity index (χ3v) is 4.19. The highest BCUT2D eigenvalue weighted by molar-refractivity contribution is 9.10. The standard InChI is InChI=1S/C16H12BrClN2O2/c1-22-11-6-7-12-13(8-11)20-15(14(12)18)16(21)19-10-4-2-9(17)3-5-10/h2-8,20H,1H3,(H,19,21). The molecule has 2 aromatic carbocycles. The van der Waals surface area contributed by atoms with Crippen LogP contribution in [0.25, 0.3) is 10.9 Å². The minimum Gasteiger partial charge on any atom is -0.497 e. The van der Waals surface area contributed by atoms with Crippen LogP contribution in [-0.4, -0.2) is 18.0 Å². The minimum atomic E-state index is -0.289. The third-order valence-electron chi connectivity index (χ3n) is 3.27. The number of fused-ring (bicyclic) bond motifs is 1. The van der Waals surface area contributed by atoms with Crippen molar-refractivity contribution in [3.05, 3.63) is 57.7 Å². The quantitative estimate of drug-likeness (QED) is 0.684. The highest BCUT2D eigenvalue weighted by Gasteiger charge is 2.17. The van der Waals surface area contributed by atoms with Gasteiger partial charge in [0.2, 0.25) is 0 Å². The summed E-state index contributed by atoms with van der Waals surface area (Å²) in [5.41, 5.74) is 1.78. The fraction of sp³-hybridized carbons (Fsp3) is 0.0625. The predicted molar refractivity (Wildman–Crippen MR) is 92.0 cm³/mol. The summed E-state index contributed by atoms with van der Waals surface area (Å²) in [5, 5.41) is 3.99. The number of anilines is 1. The largest absolute Gasteiger partial charge is 0.497 e. The van der Waals surface area contributed by atoms with Crippen LogP contribution in [0.15, 0.2) is 46.9 Å². The number of ether oxygens (including phenoxy) is 1. The van der Waals surface area contributed by atoms with Gasteiger partial charge >= 0.3 is 0 Å². The van der Waals surface area contributed by atoms with E-state index in [4.69, 9.17) is 16.3 Å². The molecule has 1 aromatic heterocycles. The van der Waals surface area contributed by atoms with E-state index in [1.54, 1.807) is 19.2 Å². The van der Waals surface area contributed by atoms with Crippen LogP contribution in [0.4, 0.5) is 5.69 Å². The Labute approximate surface area is 140 Å². The lowest BCUT2D eigenvalue weighted by atomic mass is 10.2.